The number of hydrogen-bond donors (Lipinski definition) is 1. The van der Waals surface area contributed by atoms with E-state index in [0.29, 0.717) is 6.54 Å². The van der Waals surface area contributed by atoms with Gasteiger partial charge in [-0.05, 0) is 5.56 Å². The SMILES string of the molecule is C[Si](C)(C)N(CC(C(=O)O)c1ccccc1)[Si](C)(C)C. The van der Waals surface area contributed by atoms with Crippen LogP contribution in [0.15, 0.2) is 30.3 Å². The van der Waals surface area contributed by atoms with Crippen LogP contribution in [0.3, 0.4) is 0 Å². The van der Waals surface area contributed by atoms with Crippen LogP contribution in [-0.2, 0) is 4.79 Å². The molecule has 20 heavy (non-hydrogen) atoms. The van der Waals surface area contributed by atoms with E-state index in [-0.39, 0.29) is 0 Å². The Kier molecular flexibility index (Phi) is 5.35. The molecule has 5 heteroatoms. The molecule has 112 valence electrons. The van der Waals surface area contributed by atoms with Crippen LogP contribution in [0.5, 0.6) is 0 Å². The van der Waals surface area contributed by atoms with Crippen molar-refractivity contribution >= 4 is 22.4 Å². The van der Waals surface area contributed by atoms with Gasteiger partial charge < -0.3 is 9.34 Å². The molecule has 1 N–H and O–H groups in total. The zero-order valence-corrected chi connectivity index (χ0v) is 15.5. The fraction of sp³-hybridized carbons (Fsp3) is 0.533. The molecule has 1 rings (SSSR count). The van der Waals surface area contributed by atoms with E-state index in [2.05, 4.69) is 43.5 Å². The summed E-state index contributed by atoms with van der Waals surface area (Å²) < 4.78 is 2.53. The maximum Gasteiger partial charge on any atom is 0.312 e. The summed E-state index contributed by atoms with van der Waals surface area (Å²) in [7, 11) is -3.06. The minimum Gasteiger partial charge on any atom is -0.481 e. The second-order valence-corrected chi connectivity index (χ2v) is 17.5. The lowest BCUT2D eigenvalue weighted by molar-refractivity contribution is -0.138. The number of aliphatic carboxylic acids is 1. The maximum atomic E-state index is 11.7. The summed E-state index contributed by atoms with van der Waals surface area (Å²) in [5, 5.41) is 9.61. The average molecular weight is 310 g/mol. The van der Waals surface area contributed by atoms with Crippen LogP contribution in [0, 0.1) is 0 Å². The number of carbonyl (C=O) groups is 1. The minimum absolute atomic E-state index is 0.436. The van der Waals surface area contributed by atoms with E-state index in [4.69, 9.17) is 0 Å². The molecule has 0 heterocycles. The molecule has 0 spiro atoms. The van der Waals surface area contributed by atoms with Crippen molar-refractivity contribution in [3.05, 3.63) is 35.9 Å². The first-order valence-electron chi connectivity index (χ1n) is 7.09. The average Bonchev–Trinajstić information content (AvgIpc) is 2.26. The van der Waals surface area contributed by atoms with E-state index in [9.17, 15) is 9.90 Å². The first kappa shape index (κ1) is 17.1. The monoisotopic (exact) mass is 309 g/mol. The van der Waals surface area contributed by atoms with E-state index in [1.807, 2.05) is 30.3 Å². The van der Waals surface area contributed by atoms with Crippen molar-refractivity contribution in [2.24, 2.45) is 0 Å². The predicted octanol–water partition coefficient (Wildman–Crippen LogP) is 3.83. The number of carboxylic acid groups (broad SMARTS) is 1. The van der Waals surface area contributed by atoms with Crippen LogP contribution in [0.4, 0.5) is 0 Å². The Bertz CT molecular complexity index is 435. The quantitative estimate of drug-likeness (QED) is 0.812. The Labute approximate surface area is 124 Å². The van der Waals surface area contributed by atoms with Gasteiger partial charge in [-0.2, -0.15) is 0 Å². The summed E-state index contributed by atoms with van der Waals surface area (Å²) in [4.78, 5) is 11.7. The lowest BCUT2D eigenvalue weighted by Gasteiger charge is -2.44. The third kappa shape index (κ3) is 4.57. The molecule has 1 unspecified atom stereocenters. The molecule has 0 radical (unpaired) electrons. The molecule has 0 aromatic heterocycles. The highest BCUT2D eigenvalue weighted by Gasteiger charge is 2.37. The van der Waals surface area contributed by atoms with Crippen LogP contribution in [0.2, 0.25) is 39.3 Å². The summed E-state index contributed by atoms with van der Waals surface area (Å²) in [6.45, 7) is 14.4. The molecule has 1 aromatic rings. The smallest absolute Gasteiger partial charge is 0.312 e. The van der Waals surface area contributed by atoms with Crippen molar-refractivity contribution in [1.29, 1.82) is 0 Å². The van der Waals surface area contributed by atoms with Gasteiger partial charge in [-0.15, -0.1) is 0 Å². The van der Waals surface area contributed by atoms with Crippen molar-refractivity contribution in [3.63, 3.8) is 0 Å². The number of nitrogens with zero attached hydrogens (tertiary/aromatic N) is 1. The lowest BCUT2D eigenvalue weighted by Crippen LogP contribution is -2.60. The van der Waals surface area contributed by atoms with Gasteiger partial charge in [0.15, 0.2) is 0 Å². The van der Waals surface area contributed by atoms with Gasteiger partial charge in [-0.3, -0.25) is 4.79 Å². The summed E-state index contributed by atoms with van der Waals surface area (Å²) >= 11 is 0. The highest BCUT2D eigenvalue weighted by Crippen LogP contribution is 2.25. The van der Waals surface area contributed by atoms with Crippen molar-refractivity contribution < 1.29 is 9.90 Å². The van der Waals surface area contributed by atoms with Crippen LogP contribution in [-0.4, -0.2) is 38.3 Å². The normalized spacial score (nSPS) is 14.3. The van der Waals surface area contributed by atoms with Crippen molar-refractivity contribution in [2.75, 3.05) is 6.54 Å². The van der Waals surface area contributed by atoms with Crippen LogP contribution < -0.4 is 0 Å². The van der Waals surface area contributed by atoms with Crippen LogP contribution in [0.1, 0.15) is 11.5 Å². The van der Waals surface area contributed by atoms with Crippen molar-refractivity contribution in [1.82, 2.24) is 4.23 Å². The number of carboxylic acids is 1. The van der Waals surface area contributed by atoms with Gasteiger partial charge in [-0.25, -0.2) is 0 Å². The van der Waals surface area contributed by atoms with Crippen LogP contribution in [0.25, 0.3) is 0 Å². The molecule has 0 aliphatic heterocycles. The molecule has 1 atom stereocenters. The molecule has 0 bridgehead atoms. The largest absolute Gasteiger partial charge is 0.481 e. The fourth-order valence-corrected chi connectivity index (χ4v) is 12.3. The summed E-state index contributed by atoms with van der Waals surface area (Å²) in [5.74, 6) is -1.16. The predicted molar refractivity (Wildman–Crippen MR) is 90.2 cm³/mol. The van der Waals surface area contributed by atoms with Gasteiger partial charge >= 0.3 is 5.97 Å². The number of rotatable bonds is 6. The number of hydrogen-bond acceptors (Lipinski definition) is 2. The first-order valence-corrected chi connectivity index (χ1v) is 14.0. The van der Waals surface area contributed by atoms with Gasteiger partial charge in [0.2, 0.25) is 0 Å². The molecular weight excluding hydrogens is 282 g/mol. The Morgan fingerprint density at radius 1 is 1.05 bits per heavy atom. The van der Waals surface area contributed by atoms with Crippen LogP contribution >= 0.6 is 0 Å². The lowest BCUT2D eigenvalue weighted by atomic mass is 10.00. The van der Waals surface area contributed by atoms with E-state index in [1.54, 1.807) is 0 Å². The zero-order chi connectivity index (χ0) is 15.6. The van der Waals surface area contributed by atoms with Gasteiger partial charge in [0.1, 0.15) is 16.5 Å². The van der Waals surface area contributed by atoms with E-state index >= 15 is 0 Å². The molecule has 3 nitrogen and oxygen atoms in total. The first-order chi connectivity index (χ1) is 9.03. The zero-order valence-electron chi connectivity index (χ0n) is 13.5. The summed E-state index contributed by atoms with van der Waals surface area (Å²) in [5.41, 5.74) is 0.904. The van der Waals surface area contributed by atoms with Gasteiger partial charge in [0.05, 0.1) is 5.92 Å². The van der Waals surface area contributed by atoms with Gasteiger partial charge in [-0.1, -0.05) is 69.6 Å². The minimum atomic E-state index is -1.53. The fourth-order valence-electron chi connectivity index (χ4n) is 2.75. The maximum absolute atomic E-state index is 11.7. The second-order valence-electron chi connectivity index (χ2n) is 7.25. The van der Waals surface area contributed by atoms with Crippen molar-refractivity contribution in [3.8, 4) is 0 Å². The topological polar surface area (TPSA) is 40.5 Å². The third-order valence-electron chi connectivity index (χ3n) is 3.48. The van der Waals surface area contributed by atoms with Gasteiger partial charge in [0.25, 0.3) is 0 Å². The summed E-state index contributed by atoms with van der Waals surface area (Å²) in [6.07, 6.45) is 0. The molecule has 0 saturated carbocycles. The Morgan fingerprint density at radius 2 is 1.50 bits per heavy atom. The highest BCUT2D eigenvalue weighted by atomic mass is 28.4. The molecule has 0 aliphatic carbocycles. The molecule has 0 aliphatic rings. The molecule has 1 aromatic carbocycles. The Hall–Kier alpha value is -0.916. The highest BCUT2D eigenvalue weighted by molar-refractivity contribution is 6.89. The van der Waals surface area contributed by atoms with Crippen molar-refractivity contribution in [2.45, 2.75) is 45.2 Å². The van der Waals surface area contributed by atoms with E-state index in [1.165, 1.54) is 0 Å². The van der Waals surface area contributed by atoms with Gasteiger partial charge in [0, 0.05) is 6.54 Å². The Morgan fingerprint density at radius 3 is 1.85 bits per heavy atom. The Balaban J connectivity index is 3.09. The third-order valence-corrected chi connectivity index (χ3v) is 11.1. The molecule has 0 amide bonds. The van der Waals surface area contributed by atoms with E-state index in [0.717, 1.165) is 5.56 Å². The molecule has 0 saturated heterocycles. The number of benzene rings is 1. The van der Waals surface area contributed by atoms with E-state index < -0.39 is 28.4 Å². The summed E-state index contributed by atoms with van der Waals surface area (Å²) in [6, 6.07) is 9.60. The second kappa shape index (κ2) is 6.24. The molecule has 0 fully saturated rings. The standard InChI is InChI=1S/C15H27NO2Si2/c1-19(2,3)16(20(4,5)6)12-14(15(17)18)13-10-8-7-9-11-13/h7-11,14H,12H2,1-6H3,(H,17,18). The molecular formula is C15H27NO2Si2.